The van der Waals surface area contributed by atoms with E-state index in [0.29, 0.717) is 37.4 Å². The van der Waals surface area contributed by atoms with Gasteiger partial charge in [-0.15, -0.1) is 10.2 Å². The van der Waals surface area contributed by atoms with Gasteiger partial charge in [0.05, 0.1) is 12.7 Å². The minimum Gasteiger partial charge on any atom is -0.496 e. The van der Waals surface area contributed by atoms with Crippen LogP contribution in [0, 0.1) is 6.92 Å². The van der Waals surface area contributed by atoms with Gasteiger partial charge in [0.2, 0.25) is 5.91 Å². The van der Waals surface area contributed by atoms with Crippen LogP contribution in [0.4, 0.5) is 0 Å². The maximum absolute atomic E-state index is 13.2. The molecule has 0 spiro atoms. The molecule has 3 aromatic carbocycles. The lowest BCUT2D eigenvalue weighted by molar-refractivity contribution is -0.133. The van der Waals surface area contributed by atoms with E-state index in [9.17, 15) is 9.59 Å². The van der Waals surface area contributed by atoms with Crippen LogP contribution in [-0.4, -0.2) is 74.9 Å². The van der Waals surface area contributed by atoms with E-state index >= 15 is 0 Å². The molecule has 2 heterocycles. The number of amides is 2. The summed E-state index contributed by atoms with van der Waals surface area (Å²) >= 11 is 1.61. The molecular weight excluding hydrogens is 534 g/mol. The van der Waals surface area contributed by atoms with Crippen molar-refractivity contribution >= 4 is 23.6 Å². The molecule has 0 radical (unpaired) electrons. The van der Waals surface area contributed by atoms with E-state index in [1.54, 1.807) is 31.0 Å². The Bertz CT molecular complexity index is 1490. The molecule has 41 heavy (non-hydrogen) atoms. The Morgan fingerprint density at radius 1 is 0.951 bits per heavy atom. The Balaban J connectivity index is 1.17. The van der Waals surface area contributed by atoms with Crippen molar-refractivity contribution in [2.24, 2.45) is 0 Å². The normalized spacial score (nSPS) is 15.1. The molecule has 1 aliphatic rings. The summed E-state index contributed by atoms with van der Waals surface area (Å²) in [6.45, 7) is 5.61. The number of thioether (sulfide) groups is 1. The van der Waals surface area contributed by atoms with Gasteiger partial charge in [0.15, 0.2) is 11.0 Å². The molecule has 5 rings (SSSR count). The predicted octanol–water partition coefficient (Wildman–Crippen LogP) is 5.50. The summed E-state index contributed by atoms with van der Waals surface area (Å²) in [5.74, 6) is 2.15. The average molecular weight is 570 g/mol. The first-order valence-electron chi connectivity index (χ1n) is 13.9. The highest BCUT2D eigenvalue weighted by atomic mass is 32.2. The summed E-state index contributed by atoms with van der Waals surface area (Å²) in [4.78, 5) is 30.0. The highest BCUT2D eigenvalue weighted by Crippen LogP contribution is 2.29. The van der Waals surface area contributed by atoms with Gasteiger partial charge in [-0.25, -0.2) is 0 Å². The number of ether oxygens (including phenoxy) is 1. The molecule has 1 atom stereocenters. The number of aryl methyl sites for hydroxylation is 1. The van der Waals surface area contributed by atoms with Gasteiger partial charge in [-0.3, -0.25) is 14.2 Å². The summed E-state index contributed by atoms with van der Waals surface area (Å²) in [6, 6.07) is 25.6. The average Bonchev–Trinajstić information content (AvgIpc) is 3.43. The molecule has 8 nitrogen and oxygen atoms in total. The lowest BCUT2D eigenvalue weighted by Crippen LogP contribution is -2.55. The number of carbonyl (C=O) groups is 2. The summed E-state index contributed by atoms with van der Waals surface area (Å²) < 4.78 is 7.46. The summed E-state index contributed by atoms with van der Waals surface area (Å²) in [5, 5.41) is 9.82. The van der Waals surface area contributed by atoms with Crippen molar-refractivity contribution < 1.29 is 14.3 Å². The molecule has 4 aromatic rings. The quantitative estimate of drug-likeness (QED) is 0.196. The van der Waals surface area contributed by atoms with Crippen molar-refractivity contribution in [3.63, 3.8) is 0 Å². The largest absolute Gasteiger partial charge is 0.496 e. The monoisotopic (exact) mass is 569 g/mol. The summed E-state index contributed by atoms with van der Waals surface area (Å²) in [6.07, 6.45) is 1.17. The van der Waals surface area contributed by atoms with Crippen LogP contribution in [-0.2, 0) is 4.79 Å². The van der Waals surface area contributed by atoms with E-state index < -0.39 is 0 Å². The maximum Gasteiger partial charge on any atom is 0.257 e. The first kappa shape index (κ1) is 28.4. The predicted molar refractivity (Wildman–Crippen MR) is 162 cm³/mol. The number of hydrogen-bond acceptors (Lipinski definition) is 6. The highest BCUT2D eigenvalue weighted by Gasteiger charge is 2.31. The zero-order valence-corrected chi connectivity index (χ0v) is 24.5. The van der Waals surface area contributed by atoms with Gasteiger partial charge >= 0.3 is 0 Å². The van der Waals surface area contributed by atoms with Crippen molar-refractivity contribution in [1.29, 1.82) is 0 Å². The van der Waals surface area contributed by atoms with E-state index in [1.807, 2.05) is 59.2 Å². The molecule has 0 saturated carbocycles. The Labute approximate surface area is 245 Å². The molecule has 0 bridgehead atoms. The van der Waals surface area contributed by atoms with Gasteiger partial charge in [0.25, 0.3) is 5.91 Å². The summed E-state index contributed by atoms with van der Waals surface area (Å²) in [5.41, 5.74) is 3.75. The number of methoxy groups -OCH3 is 1. The van der Waals surface area contributed by atoms with Crippen LogP contribution in [0.15, 0.2) is 84.0 Å². The fraction of sp³-hybridized carbons (Fsp3) is 0.312. The van der Waals surface area contributed by atoms with Gasteiger partial charge in [-0.1, -0.05) is 71.9 Å². The topological polar surface area (TPSA) is 80.6 Å². The van der Waals surface area contributed by atoms with Crippen molar-refractivity contribution in [2.75, 3.05) is 32.5 Å². The smallest absolute Gasteiger partial charge is 0.257 e. The Morgan fingerprint density at radius 2 is 1.68 bits per heavy atom. The minimum absolute atomic E-state index is 0.0639. The van der Waals surface area contributed by atoms with Gasteiger partial charge in [-0.05, 0) is 44.5 Å². The highest BCUT2D eigenvalue weighted by molar-refractivity contribution is 7.99. The molecule has 1 aliphatic heterocycles. The molecule has 1 fully saturated rings. The van der Waals surface area contributed by atoms with E-state index in [1.165, 1.54) is 5.56 Å². The molecule has 1 aromatic heterocycles. The standard InChI is InChI=1S/C32H35N5O3S/c1-23-15-17-26(18-16-23)37-30(25-10-5-4-6-11-25)33-34-32(37)41-21-9-14-29(38)35-19-20-36(24(2)22-35)31(39)27-12-7-8-13-28(27)40-3/h4-8,10-13,15-18,24H,9,14,19-22H2,1-3H3. The van der Waals surface area contributed by atoms with Crippen LogP contribution in [0.3, 0.4) is 0 Å². The SMILES string of the molecule is COc1ccccc1C(=O)N1CCN(C(=O)CCCSc2nnc(-c3ccccc3)n2-c2ccc(C)cc2)CC1C. The van der Waals surface area contributed by atoms with E-state index in [4.69, 9.17) is 4.74 Å². The number of piperazine rings is 1. The van der Waals surface area contributed by atoms with Gasteiger partial charge in [0.1, 0.15) is 5.75 Å². The zero-order chi connectivity index (χ0) is 28.8. The number of carbonyl (C=O) groups excluding carboxylic acids is 2. The van der Waals surface area contributed by atoms with Crippen LogP contribution in [0.5, 0.6) is 5.75 Å². The Hall–Kier alpha value is -4.11. The van der Waals surface area contributed by atoms with Crippen molar-refractivity contribution in [3.8, 4) is 22.8 Å². The number of rotatable bonds is 9. The second kappa shape index (κ2) is 13.0. The van der Waals surface area contributed by atoms with Crippen molar-refractivity contribution in [2.45, 2.75) is 37.9 Å². The maximum atomic E-state index is 13.2. The number of benzene rings is 3. The van der Waals surface area contributed by atoms with E-state index in [2.05, 4.69) is 46.0 Å². The van der Waals surface area contributed by atoms with Crippen molar-refractivity contribution in [1.82, 2.24) is 24.6 Å². The van der Waals surface area contributed by atoms with Crippen LogP contribution in [0.2, 0.25) is 0 Å². The lowest BCUT2D eigenvalue weighted by Gasteiger charge is -2.40. The zero-order valence-electron chi connectivity index (χ0n) is 23.7. The van der Waals surface area contributed by atoms with Gasteiger partial charge in [0, 0.05) is 49.1 Å². The van der Waals surface area contributed by atoms with Crippen molar-refractivity contribution in [3.05, 3.63) is 90.0 Å². The third-order valence-electron chi connectivity index (χ3n) is 7.30. The van der Waals surface area contributed by atoms with Crippen LogP contribution in [0.1, 0.15) is 35.7 Å². The van der Waals surface area contributed by atoms with Crippen LogP contribution >= 0.6 is 11.8 Å². The molecule has 0 aliphatic carbocycles. The second-order valence-corrected chi connectivity index (χ2v) is 11.2. The van der Waals surface area contributed by atoms with E-state index in [-0.39, 0.29) is 17.9 Å². The number of para-hydroxylation sites is 1. The lowest BCUT2D eigenvalue weighted by atomic mass is 10.1. The van der Waals surface area contributed by atoms with Gasteiger partial charge < -0.3 is 14.5 Å². The minimum atomic E-state index is -0.0797. The fourth-order valence-corrected chi connectivity index (χ4v) is 5.96. The number of nitrogens with zero attached hydrogens (tertiary/aromatic N) is 5. The van der Waals surface area contributed by atoms with Crippen LogP contribution < -0.4 is 4.74 Å². The van der Waals surface area contributed by atoms with Crippen LogP contribution in [0.25, 0.3) is 17.1 Å². The number of aromatic nitrogens is 3. The molecule has 1 saturated heterocycles. The molecule has 1 unspecified atom stereocenters. The fourth-order valence-electron chi connectivity index (χ4n) is 5.07. The van der Waals surface area contributed by atoms with Gasteiger partial charge in [-0.2, -0.15) is 0 Å². The summed E-state index contributed by atoms with van der Waals surface area (Å²) in [7, 11) is 1.57. The Kier molecular flexibility index (Phi) is 9.04. The van der Waals surface area contributed by atoms with E-state index in [0.717, 1.165) is 34.4 Å². The molecule has 9 heteroatoms. The molecule has 2 amide bonds. The third kappa shape index (κ3) is 6.46. The number of hydrogen-bond donors (Lipinski definition) is 0. The first-order valence-corrected chi connectivity index (χ1v) is 14.9. The third-order valence-corrected chi connectivity index (χ3v) is 8.32. The molecule has 212 valence electrons. The molecular formula is C32H35N5O3S. The molecule has 0 N–H and O–H groups in total. The Morgan fingerprint density at radius 3 is 2.41 bits per heavy atom. The second-order valence-electron chi connectivity index (χ2n) is 10.2. The first-order chi connectivity index (χ1) is 20.0.